The highest BCUT2D eigenvalue weighted by atomic mass is 79.9. The maximum absolute atomic E-state index is 13.3. The number of halogens is 2. The minimum atomic E-state index is -0.234. The zero-order valence-corrected chi connectivity index (χ0v) is 9.07. The third-order valence-electron chi connectivity index (χ3n) is 2.17. The van der Waals surface area contributed by atoms with Crippen LogP contribution in [0.5, 0.6) is 0 Å². The first-order valence-corrected chi connectivity index (χ1v) is 5.07. The monoisotopic (exact) mass is 253 g/mol. The Bertz CT molecular complexity index is 487. The average molecular weight is 254 g/mol. The van der Waals surface area contributed by atoms with Gasteiger partial charge in [0.25, 0.3) is 0 Å². The van der Waals surface area contributed by atoms with Crippen LogP contribution in [0.2, 0.25) is 0 Å². The van der Waals surface area contributed by atoms with Gasteiger partial charge in [-0.2, -0.15) is 0 Å². The smallest absolute Gasteiger partial charge is 0.138 e. The lowest BCUT2D eigenvalue weighted by molar-refractivity contribution is 0.623. The van der Waals surface area contributed by atoms with Crippen molar-refractivity contribution in [1.82, 2.24) is 4.98 Å². The largest absolute Gasteiger partial charge is 0.361 e. The number of rotatable bonds is 2. The van der Waals surface area contributed by atoms with E-state index in [1.54, 1.807) is 6.07 Å². The molecule has 1 nitrogen and oxygen atoms in total. The lowest BCUT2D eigenvalue weighted by Gasteiger charge is -1.97. The fourth-order valence-corrected chi connectivity index (χ4v) is 1.84. The summed E-state index contributed by atoms with van der Waals surface area (Å²) in [5.74, 6) is -0.234. The molecule has 0 aliphatic heterocycles. The Morgan fingerprint density at radius 1 is 1.50 bits per heavy atom. The molecule has 0 unspecified atom stereocenters. The van der Waals surface area contributed by atoms with Gasteiger partial charge in [0, 0.05) is 17.1 Å². The van der Waals surface area contributed by atoms with E-state index in [9.17, 15) is 4.39 Å². The van der Waals surface area contributed by atoms with Gasteiger partial charge in [-0.15, -0.1) is 6.58 Å². The Kier molecular flexibility index (Phi) is 2.42. The third kappa shape index (κ3) is 1.48. The van der Waals surface area contributed by atoms with Crippen LogP contribution in [0.4, 0.5) is 4.39 Å². The minimum Gasteiger partial charge on any atom is -0.361 e. The molecule has 2 aromatic rings. The van der Waals surface area contributed by atoms with E-state index >= 15 is 0 Å². The second-order valence-corrected chi connectivity index (χ2v) is 3.97. The summed E-state index contributed by atoms with van der Waals surface area (Å²) < 4.78 is 13.7. The summed E-state index contributed by atoms with van der Waals surface area (Å²) in [6, 6.07) is 3.28. The van der Waals surface area contributed by atoms with Crippen LogP contribution >= 0.6 is 15.9 Å². The van der Waals surface area contributed by atoms with Crippen LogP contribution in [-0.4, -0.2) is 4.98 Å². The molecule has 0 atom stereocenters. The molecule has 0 saturated heterocycles. The van der Waals surface area contributed by atoms with Gasteiger partial charge in [0.15, 0.2) is 0 Å². The highest BCUT2D eigenvalue weighted by molar-refractivity contribution is 9.10. The van der Waals surface area contributed by atoms with Crippen molar-refractivity contribution in [2.24, 2.45) is 0 Å². The summed E-state index contributed by atoms with van der Waals surface area (Å²) in [6.45, 7) is 3.67. The standard InChI is InChI=1S/C11H9BrFN/c1-2-3-7-6-14-11-5-9(12)10(13)4-8(7)11/h2,4-6,14H,1,3H2. The molecule has 1 N–H and O–H groups in total. The number of benzene rings is 1. The Hall–Kier alpha value is -1.09. The van der Waals surface area contributed by atoms with Gasteiger partial charge < -0.3 is 4.98 Å². The van der Waals surface area contributed by atoms with E-state index in [-0.39, 0.29) is 5.82 Å². The second-order valence-electron chi connectivity index (χ2n) is 3.12. The van der Waals surface area contributed by atoms with Gasteiger partial charge in [0.1, 0.15) is 5.82 Å². The van der Waals surface area contributed by atoms with Gasteiger partial charge in [-0.1, -0.05) is 6.08 Å². The van der Waals surface area contributed by atoms with Crippen molar-refractivity contribution in [2.75, 3.05) is 0 Å². The summed E-state index contributed by atoms with van der Waals surface area (Å²) in [5, 5.41) is 0.922. The van der Waals surface area contributed by atoms with E-state index in [1.807, 2.05) is 12.3 Å². The number of nitrogens with one attached hydrogen (secondary N) is 1. The van der Waals surface area contributed by atoms with Gasteiger partial charge in [0.2, 0.25) is 0 Å². The molecule has 0 aliphatic carbocycles. The summed E-state index contributed by atoms with van der Waals surface area (Å²) >= 11 is 3.15. The van der Waals surface area contributed by atoms with Crippen molar-refractivity contribution in [3.8, 4) is 0 Å². The van der Waals surface area contributed by atoms with Crippen LogP contribution in [-0.2, 0) is 6.42 Å². The molecular weight excluding hydrogens is 245 g/mol. The van der Waals surface area contributed by atoms with Crippen LogP contribution in [0, 0.1) is 5.82 Å². The van der Waals surface area contributed by atoms with Crippen molar-refractivity contribution in [2.45, 2.75) is 6.42 Å². The van der Waals surface area contributed by atoms with Crippen LogP contribution < -0.4 is 0 Å². The van der Waals surface area contributed by atoms with E-state index in [0.717, 1.165) is 22.9 Å². The molecule has 3 heteroatoms. The first-order chi connectivity index (χ1) is 6.72. The summed E-state index contributed by atoms with van der Waals surface area (Å²) in [4.78, 5) is 3.10. The van der Waals surface area contributed by atoms with E-state index in [4.69, 9.17) is 0 Å². The number of H-pyrrole nitrogens is 1. The van der Waals surface area contributed by atoms with Crippen molar-refractivity contribution in [3.63, 3.8) is 0 Å². The Balaban J connectivity index is 2.67. The first-order valence-electron chi connectivity index (χ1n) is 4.28. The highest BCUT2D eigenvalue weighted by Gasteiger charge is 2.06. The van der Waals surface area contributed by atoms with Gasteiger partial charge in [-0.3, -0.25) is 0 Å². The SMILES string of the molecule is C=CCc1c[nH]c2cc(Br)c(F)cc12. The zero-order valence-electron chi connectivity index (χ0n) is 7.48. The fraction of sp³-hybridized carbons (Fsp3) is 0.0909. The van der Waals surface area contributed by atoms with Crippen molar-refractivity contribution in [3.05, 3.63) is 46.8 Å². The van der Waals surface area contributed by atoms with E-state index in [2.05, 4.69) is 27.5 Å². The van der Waals surface area contributed by atoms with Crippen molar-refractivity contribution >= 4 is 26.8 Å². The molecule has 0 spiro atoms. The average Bonchev–Trinajstić information content (AvgIpc) is 2.51. The fourth-order valence-electron chi connectivity index (χ4n) is 1.50. The molecule has 0 fully saturated rings. The van der Waals surface area contributed by atoms with Gasteiger partial charge in [-0.25, -0.2) is 4.39 Å². The lowest BCUT2D eigenvalue weighted by atomic mass is 10.1. The Morgan fingerprint density at radius 3 is 3.00 bits per heavy atom. The number of aromatic amines is 1. The summed E-state index contributed by atoms with van der Waals surface area (Å²) in [6.07, 6.45) is 4.45. The molecule has 1 aromatic heterocycles. The molecule has 0 bridgehead atoms. The van der Waals surface area contributed by atoms with Gasteiger partial charge >= 0.3 is 0 Å². The number of hydrogen-bond acceptors (Lipinski definition) is 0. The number of fused-ring (bicyclic) bond motifs is 1. The Morgan fingerprint density at radius 2 is 2.29 bits per heavy atom. The summed E-state index contributed by atoms with van der Waals surface area (Å²) in [5.41, 5.74) is 2.01. The van der Waals surface area contributed by atoms with Crippen LogP contribution in [0.1, 0.15) is 5.56 Å². The van der Waals surface area contributed by atoms with E-state index in [0.29, 0.717) is 4.47 Å². The maximum atomic E-state index is 13.3. The van der Waals surface area contributed by atoms with Crippen molar-refractivity contribution < 1.29 is 4.39 Å². The predicted molar refractivity (Wildman–Crippen MR) is 59.9 cm³/mol. The van der Waals surface area contributed by atoms with E-state index in [1.165, 1.54) is 6.07 Å². The molecule has 1 aromatic carbocycles. The van der Waals surface area contributed by atoms with Crippen LogP contribution in [0.25, 0.3) is 10.9 Å². The van der Waals surface area contributed by atoms with Crippen molar-refractivity contribution in [1.29, 1.82) is 0 Å². The van der Waals surface area contributed by atoms with E-state index < -0.39 is 0 Å². The van der Waals surface area contributed by atoms with Gasteiger partial charge in [-0.05, 0) is 40.0 Å². The molecule has 2 rings (SSSR count). The molecule has 0 amide bonds. The molecule has 0 aliphatic rings. The molecule has 0 radical (unpaired) electrons. The van der Waals surface area contributed by atoms with Crippen LogP contribution in [0.15, 0.2) is 35.5 Å². The van der Waals surface area contributed by atoms with Gasteiger partial charge in [0.05, 0.1) is 4.47 Å². The number of aromatic nitrogens is 1. The summed E-state index contributed by atoms with van der Waals surface area (Å²) in [7, 11) is 0. The zero-order chi connectivity index (χ0) is 10.1. The molecular formula is C11H9BrFN. The predicted octanol–water partition coefficient (Wildman–Crippen LogP) is 3.80. The number of allylic oxidation sites excluding steroid dienone is 1. The molecule has 1 heterocycles. The molecule has 14 heavy (non-hydrogen) atoms. The third-order valence-corrected chi connectivity index (χ3v) is 2.78. The molecule has 0 saturated carbocycles. The first kappa shape index (κ1) is 9.46. The number of hydrogen-bond donors (Lipinski definition) is 1. The quantitative estimate of drug-likeness (QED) is 0.784. The maximum Gasteiger partial charge on any atom is 0.138 e. The van der Waals surface area contributed by atoms with Crippen LogP contribution in [0.3, 0.4) is 0 Å². The second kappa shape index (κ2) is 3.58. The normalized spacial score (nSPS) is 10.7. The Labute approximate surface area is 89.8 Å². The topological polar surface area (TPSA) is 15.8 Å². The molecule has 72 valence electrons. The minimum absolute atomic E-state index is 0.234. The highest BCUT2D eigenvalue weighted by Crippen LogP contribution is 2.25. The lowest BCUT2D eigenvalue weighted by Crippen LogP contribution is -1.80.